The summed E-state index contributed by atoms with van der Waals surface area (Å²) < 4.78 is 0. The van der Waals surface area contributed by atoms with Gasteiger partial charge in [-0.05, 0) is 23.3 Å². The standard InChI is InChI=1S/C22H22Cl2N4O3/c1-25-13-21(30)28-19(9-15-5-3-2-4-6-15)22(31)26(12-20(28)27(25)14-29)11-16-7-8-17(23)10-18(16)24/h2-8,10,14,19-20H,9,11-13H2,1H3/t19-,20?/m0/s1. The summed E-state index contributed by atoms with van der Waals surface area (Å²) in [6, 6.07) is 14.0. The fraction of sp³-hybridized carbons (Fsp3) is 0.318. The molecule has 9 heteroatoms. The van der Waals surface area contributed by atoms with Gasteiger partial charge in [0, 0.05) is 30.1 Å². The minimum atomic E-state index is -0.712. The molecule has 7 nitrogen and oxygen atoms in total. The predicted octanol–water partition coefficient (Wildman–Crippen LogP) is 2.42. The monoisotopic (exact) mass is 460 g/mol. The molecule has 31 heavy (non-hydrogen) atoms. The van der Waals surface area contributed by atoms with Gasteiger partial charge < -0.3 is 9.80 Å². The van der Waals surface area contributed by atoms with Gasteiger partial charge in [-0.25, -0.2) is 5.01 Å². The second-order valence-corrected chi connectivity index (χ2v) is 8.59. The maximum Gasteiger partial charge on any atom is 0.246 e. The Morgan fingerprint density at radius 1 is 1.10 bits per heavy atom. The highest BCUT2D eigenvalue weighted by atomic mass is 35.5. The maximum absolute atomic E-state index is 13.5. The summed E-state index contributed by atoms with van der Waals surface area (Å²) in [4.78, 5) is 41.5. The van der Waals surface area contributed by atoms with Crippen molar-refractivity contribution < 1.29 is 14.4 Å². The number of hydrogen-bond donors (Lipinski definition) is 0. The topological polar surface area (TPSA) is 64.2 Å². The van der Waals surface area contributed by atoms with Crippen LogP contribution in [0.4, 0.5) is 0 Å². The first kappa shape index (κ1) is 21.6. The molecule has 0 aromatic heterocycles. The Bertz CT molecular complexity index is 1000. The summed E-state index contributed by atoms with van der Waals surface area (Å²) in [5.41, 5.74) is 1.69. The number of hydrazine groups is 1. The molecule has 2 atom stereocenters. The molecule has 0 bridgehead atoms. The molecule has 2 aliphatic heterocycles. The third kappa shape index (κ3) is 4.26. The highest BCUT2D eigenvalue weighted by Gasteiger charge is 2.48. The zero-order valence-corrected chi connectivity index (χ0v) is 18.5. The average Bonchev–Trinajstić information content (AvgIpc) is 2.73. The molecular formula is C22H22Cl2N4O3. The number of carbonyl (C=O) groups excluding carboxylic acids is 3. The van der Waals surface area contributed by atoms with Gasteiger partial charge in [-0.15, -0.1) is 0 Å². The lowest BCUT2D eigenvalue weighted by atomic mass is 9.98. The van der Waals surface area contributed by atoms with E-state index < -0.39 is 12.2 Å². The number of halogens is 2. The summed E-state index contributed by atoms with van der Waals surface area (Å²) in [7, 11) is 1.69. The lowest BCUT2D eigenvalue weighted by Crippen LogP contribution is -2.74. The Labute approximate surface area is 190 Å². The Hall–Kier alpha value is -2.61. The van der Waals surface area contributed by atoms with Crippen molar-refractivity contribution in [2.24, 2.45) is 0 Å². The van der Waals surface area contributed by atoms with Crippen LogP contribution in [-0.4, -0.2) is 70.4 Å². The van der Waals surface area contributed by atoms with Crippen molar-refractivity contribution in [3.8, 4) is 0 Å². The molecule has 2 saturated heterocycles. The molecule has 162 valence electrons. The number of benzene rings is 2. The van der Waals surface area contributed by atoms with E-state index in [2.05, 4.69) is 0 Å². The molecular weight excluding hydrogens is 439 g/mol. The normalized spacial score (nSPS) is 22.0. The summed E-state index contributed by atoms with van der Waals surface area (Å²) in [6.45, 7) is 0.490. The van der Waals surface area contributed by atoms with Crippen LogP contribution >= 0.6 is 23.2 Å². The maximum atomic E-state index is 13.5. The molecule has 0 spiro atoms. The van der Waals surface area contributed by atoms with Crippen LogP contribution in [0.5, 0.6) is 0 Å². The van der Waals surface area contributed by atoms with Crippen LogP contribution in [0.1, 0.15) is 11.1 Å². The highest BCUT2D eigenvalue weighted by Crippen LogP contribution is 2.29. The Kier molecular flexibility index (Phi) is 6.18. The zero-order valence-electron chi connectivity index (χ0n) is 16.9. The number of carbonyl (C=O) groups is 3. The summed E-state index contributed by atoms with van der Waals surface area (Å²) in [5, 5.41) is 4.03. The fourth-order valence-electron chi connectivity index (χ4n) is 4.22. The van der Waals surface area contributed by atoms with Gasteiger partial charge in [0.05, 0.1) is 13.1 Å². The Balaban J connectivity index is 1.69. The van der Waals surface area contributed by atoms with Crippen LogP contribution in [0.15, 0.2) is 48.5 Å². The zero-order chi connectivity index (χ0) is 22.1. The molecule has 3 amide bonds. The lowest BCUT2D eigenvalue weighted by molar-refractivity contribution is -0.196. The highest BCUT2D eigenvalue weighted by molar-refractivity contribution is 6.35. The van der Waals surface area contributed by atoms with Crippen LogP contribution in [0, 0.1) is 0 Å². The van der Waals surface area contributed by atoms with Gasteiger partial charge in [0.1, 0.15) is 12.2 Å². The van der Waals surface area contributed by atoms with Gasteiger partial charge in [-0.3, -0.25) is 19.4 Å². The molecule has 2 aliphatic rings. The van der Waals surface area contributed by atoms with Crippen LogP contribution in [0.2, 0.25) is 10.0 Å². The van der Waals surface area contributed by atoms with Gasteiger partial charge in [0.25, 0.3) is 0 Å². The number of fused-ring (bicyclic) bond motifs is 1. The lowest BCUT2D eigenvalue weighted by Gasteiger charge is -2.53. The first-order valence-electron chi connectivity index (χ1n) is 9.91. The molecule has 0 aliphatic carbocycles. The van der Waals surface area contributed by atoms with E-state index in [-0.39, 0.29) is 31.4 Å². The fourth-order valence-corrected chi connectivity index (χ4v) is 4.69. The van der Waals surface area contributed by atoms with Crippen molar-refractivity contribution in [2.75, 3.05) is 20.1 Å². The minimum Gasteiger partial charge on any atom is -0.332 e. The summed E-state index contributed by atoms with van der Waals surface area (Å²) in [5.74, 6) is -0.348. The van der Waals surface area contributed by atoms with Crippen LogP contribution in [-0.2, 0) is 27.3 Å². The average molecular weight is 461 g/mol. The van der Waals surface area contributed by atoms with Crippen molar-refractivity contribution in [3.05, 3.63) is 69.7 Å². The quantitative estimate of drug-likeness (QED) is 0.642. The smallest absolute Gasteiger partial charge is 0.246 e. The van der Waals surface area contributed by atoms with E-state index in [9.17, 15) is 14.4 Å². The van der Waals surface area contributed by atoms with Gasteiger partial charge in [0.2, 0.25) is 18.2 Å². The first-order chi connectivity index (χ1) is 14.9. The van der Waals surface area contributed by atoms with Gasteiger partial charge in [-0.1, -0.05) is 59.6 Å². The molecule has 2 aromatic carbocycles. The third-order valence-corrected chi connectivity index (χ3v) is 6.33. The van der Waals surface area contributed by atoms with E-state index in [4.69, 9.17) is 23.2 Å². The Morgan fingerprint density at radius 3 is 2.52 bits per heavy atom. The molecule has 0 N–H and O–H groups in total. The number of likely N-dealkylation sites (N-methyl/N-ethyl adjacent to an activating group) is 1. The van der Waals surface area contributed by atoms with E-state index in [1.165, 1.54) is 5.01 Å². The number of amides is 3. The van der Waals surface area contributed by atoms with Crippen molar-refractivity contribution in [3.63, 3.8) is 0 Å². The van der Waals surface area contributed by atoms with Crippen molar-refractivity contribution in [1.29, 1.82) is 0 Å². The number of piperazine rings is 1. The first-order valence-corrected chi connectivity index (χ1v) is 10.7. The van der Waals surface area contributed by atoms with E-state index in [1.54, 1.807) is 40.1 Å². The molecule has 0 radical (unpaired) electrons. The molecule has 4 rings (SSSR count). The molecule has 2 fully saturated rings. The minimum absolute atomic E-state index is 0.0385. The van der Waals surface area contributed by atoms with Crippen molar-refractivity contribution >= 4 is 41.4 Å². The largest absolute Gasteiger partial charge is 0.332 e. The number of hydrogen-bond acceptors (Lipinski definition) is 4. The second-order valence-electron chi connectivity index (χ2n) is 7.74. The molecule has 0 saturated carbocycles. The molecule has 2 aromatic rings. The molecule has 1 unspecified atom stereocenters. The van der Waals surface area contributed by atoms with Gasteiger partial charge >= 0.3 is 0 Å². The van der Waals surface area contributed by atoms with Crippen LogP contribution in [0.25, 0.3) is 0 Å². The second kappa shape index (κ2) is 8.86. The predicted molar refractivity (Wildman–Crippen MR) is 117 cm³/mol. The van der Waals surface area contributed by atoms with Crippen molar-refractivity contribution in [2.45, 2.75) is 25.2 Å². The van der Waals surface area contributed by atoms with Crippen LogP contribution < -0.4 is 0 Å². The Morgan fingerprint density at radius 2 is 1.84 bits per heavy atom. The number of nitrogens with zero attached hydrogens (tertiary/aromatic N) is 4. The van der Waals surface area contributed by atoms with Crippen LogP contribution in [0.3, 0.4) is 0 Å². The third-order valence-electron chi connectivity index (χ3n) is 5.75. The SMILES string of the molecule is CN1CC(=O)N2C(CN(Cc3ccc(Cl)cc3Cl)C(=O)[C@@H]2Cc2ccccc2)N1C=O. The summed E-state index contributed by atoms with van der Waals surface area (Å²) >= 11 is 12.3. The van der Waals surface area contributed by atoms with Gasteiger partial charge in [-0.2, -0.15) is 0 Å². The van der Waals surface area contributed by atoms with E-state index in [0.29, 0.717) is 22.9 Å². The molecule has 2 heterocycles. The number of rotatable bonds is 5. The van der Waals surface area contributed by atoms with E-state index in [0.717, 1.165) is 11.1 Å². The van der Waals surface area contributed by atoms with E-state index in [1.807, 2.05) is 30.3 Å². The summed E-state index contributed by atoms with van der Waals surface area (Å²) in [6.07, 6.45) is 0.483. The van der Waals surface area contributed by atoms with Crippen molar-refractivity contribution in [1.82, 2.24) is 19.8 Å². The van der Waals surface area contributed by atoms with E-state index >= 15 is 0 Å². The van der Waals surface area contributed by atoms with Gasteiger partial charge in [0.15, 0.2) is 0 Å².